The third-order valence-electron chi connectivity index (χ3n) is 7.47. The van der Waals surface area contributed by atoms with Gasteiger partial charge in [-0.1, -0.05) is 6.07 Å². The van der Waals surface area contributed by atoms with E-state index in [1.54, 1.807) is 23.1 Å². The van der Waals surface area contributed by atoms with Gasteiger partial charge < -0.3 is 10.2 Å². The van der Waals surface area contributed by atoms with Gasteiger partial charge >= 0.3 is 0 Å². The summed E-state index contributed by atoms with van der Waals surface area (Å²) in [7, 11) is -3.65. The Labute approximate surface area is 208 Å². The van der Waals surface area contributed by atoms with Crippen LogP contribution in [0.3, 0.4) is 0 Å². The SMILES string of the molecule is CC(=O)N1c2ccc(S(=O)(=O)NCC3CCC(C(=O)Nc4ccc(C)c(C)c4)CC3)cc2C[C@@H]1C. The summed E-state index contributed by atoms with van der Waals surface area (Å²) in [6, 6.07) is 10.9. The summed E-state index contributed by atoms with van der Waals surface area (Å²) in [4.78, 5) is 26.6. The normalized spacial score (nSPS) is 22.1. The van der Waals surface area contributed by atoms with Crippen LogP contribution in [0.5, 0.6) is 0 Å². The Hall–Kier alpha value is -2.71. The summed E-state index contributed by atoms with van der Waals surface area (Å²) in [6.07, 6.45) is 3.76. The molecule has 2 aromatic rings. The van der Waals surface area contributed by atoms with E-state index in [9.17, 15) is 18.0 Å². The van der Waals surface area contributed by atoms with Crippen molar-refractivity contribution in [2.75, 3.05) is 16.8 Å². The van der Waals surface area contributed by atoms with Crippen molar-refractivity contribution in [2.45, 2.75) is 70.7 Å². The van der Waals surface area contributed by atoms with Crippen molar-refractivity contribution in [1.29, 1.82) is 0 Å². The van der Waals surface area contributed by atoms with Crippen LogP contribution in [0, 0.1) is 25.7 Å². The maximum absolute atomic E-state index is 12.9. The molecule has 0 saturated heterocycles. The molecule has 0 bridgehead atoms. The van der Waals surface area contributed by atoms with Gasteiger partial charge in [-0.05, 0) is 106 Å². The number of carbonyl (C=O) groups is 2. The number of nitrogens with zero attached hydrogens (tertiary/aromatic N) is 1. The van der Waals surface area contributed by atoms with E-state index in [0.717, 1.165) is 48.2 Å². The lowest BCUT2D eigenvalue weighted by Gasteiger charge is -2.28. The molecule has 0 unspecified atom stereocenters. The van der Waals surface area contributed by atoms with E-state index in [2.05, 4.69) is 10.0 Å². The average Bonchev–Trinajstić information content (AvgIpc) is 3.15. The van der Waals surface area contributed by atoms with E-state index in [-0.39, 0.29) is 34.6 Å². The molecule has 0 spiro atoms. The van der Waals surface area contributed by atoms with Crippen molar-refractivity contribution < 1.29 is 18.0 Å². The highest BCUT2D eigenvalue weighted by molar-refractivity contribution is 7.89. The molecule has 1 saturated carbocycles. The summed E-state index contributed by atoms with van der Waals surface area (Å²) >= 11 is 0. The lowest BCUT2D eigenvalue weighted by Crippen LogP contribution is -2.34. The number of benzene rings is 2. The number of hydrogen-bond donors (Lipinski definition) is 2. The first-order valence-corrected chi connectivity index (χ1v) is 13.8. The summed E-state index contributed by atoms with van der Waals surface area (Å²) in [5.74, 6) is 0.160. The van der Waals surface area contributed by atoms with Crippen LogP contribution in [0.15, 0.2) is 41.3 Å². The van der Waals surface area contributed by atoms with Gasteiger partial charge in [0, 0.05) is 36.8 Å². The van der Waals surface area contributed by atoms with Gasteiger partial charge in [0.2, 0.25) is 21.8 Å². The number of amides is 2. The Bertz CT molecular complexity index is 1230. The topological polar surface area (TPSA) is 95.6 Å². The largest absolute Gasteiger partial charge is 0.326 e. The van der Waals surface area contributed by atoms with Gasteiger partial charge in [0.05, 0.1) is 4.90 Å². The zero-order valence-electron chi connectivity index (χ0n) is 20.9. The van der Waals surface area contributed by atoms with Crippen molar-refractivity contribution in [2.24, 2.45) is 11.8 Å². The molecule has 1 fully saturated rings. The molecular weight excluding hydrogens is 462 g/mol. The number of carbonyl (C=O) groups excluding carboxylic acids is 2. The molecule has 2 amide bonds. The second kappa shape index (κ2) is 10.1. The van der Waals surface area contributed by atoms with E-state index in [0.29, 0.717) is 13.0 Å². The molecule has 2 N–H and O–H groups in total. The van der Waals surface area contributed by atoms with Crippen LogP contribution < -0.4 is 14.9 Å². The Balaban J connectivity index is 1.30. The molecule has 1 heterocycles. The summed E-state index contributed by atoms with van der Waals surface area (Å²) in [5.41, 5.74) is 4.83. The van der Waals surface area contributed by atoms with Gasteiger partial charge in [0.25, 0.3) is 0 Å². The molecule has 4 rings (SSSR count). The third kappa shape index (κ3) is 5.59. The molecule has 1 atom stereocenters. The Morgan fingerprint density at radius 3 is 2.37 bits per heavy atom. The Morgan fingerprint density at radius 1 is 1.00 bits per heavy atom. The summed E-state index contributed by atoms with van der Waals surface area (Å²) < 4.78 is 28.7. The number of rotatable bonds is 6. The fourth-order valence-corrected chi connectivity index (χ4v) is 6.42. The Kier molecular flexibility index (Phi) is 7.33. The van der Waals surface area contributed by atoms with Crippen molar-refractivity contribution in [1.82, 2.24) is 4.72 Å². The van der Waals surface area contributed by atoms with Crippen LogP contribution in [0.4, 0.5) is 11.4 Å². The van der Waals surface area contributed by atoms with Gasteiger partial charge in [-0.3, -0.25) is 9.59 Å². The van der Waals surface area contributed by atoms with Gasteiger partial charge in [-0.2, -0.15) is 0 Å². The predicted octanol–water partition coefficient (Wildman–Crippen LogP) is 4.32. The second-order valence-corrected chi connectivity index (χ2v) is 11.9. The molecular formula is C27H35N3O4S. The lowest BCUT2D eigenvalue weighted by atomic mass is 9.81. The molecule has 0 aromatic heterocycles. The highest BCUT2D eigenvalue weighted by Crippen LogP contribution is 2.34. The van der Waals surface area contributed by atoms with Crippen LogP contribution in [0.2, 0.25) is 0 Å². The fourth-order valence-electron chi connectivity index (χ4n) is 5.26. The number of aryl methyl sites for hydroxylation is 2. The van der Waals surface area contributed by atoms with Gasteiger partial charge in [0.15, 0.2) is 0 Å². The van der Waals surface area contributed by atoms with Crippen molar-refractivity contribution in [3.05, 3.63) is 53.1 Å². The molecule has 0 radical (unpaired) electrons. The van der Waals surface area contributed by atoms with E-state index >= 15 is 0 Å². The van der Waals surface area contributed by atoms with Crippen molar-refractivity contribution >= 4 is 33.2 Å². The highest BCUT2D eigenvalue weighted by atomic mass is 32.2. The van der Waals surface area contributed by atoms with E-state index in [4.69, 9.17) is 0 Å². The van der Waals surface area contributed by atoms with Crippen LogP contribution >= 0.6 is 0 Å². The molecule has 7 nitrogen and oxygen atoms in total. The molecule has 188 valence electrons. The van der Waals surface area contributed by atoms with E-state index in [1.165, 1.54) is 12.5 Å². The molecule has 35 heavy (non-hydrogen) atoms. The molecule has 2 aliphatic rings. The average molecular weight is 498 g/mol. The zero-order valence-corrected chi connectivity index (χ0v) is 21.7. The van der Waals surface area contributed by atoms with Crippen LogP contribution in [-0.2, 0) is 26.0 Å². The number of anilines is 2. The third-order valence-corrected chi connectivity index (χ3v) is 8.89. The number of nitrogens with one attached hydrogen (secondary N) is 2. The molecule has 2 aromatic carbocycles. The number of hydrogen-bond acceptors (Lipinski definition) is 4. The van der Waals surface area contributed by atoms with E-state index in [1.807, 2.05) is 39.0 Å². The highest BCUT2D eigenvalue weighted by Gasteiger charge is 2.31. The van der Waals surface area contributed by atoms with Gasteiger partial charge in [-0.25, -0.2) is 13.1 Å². The lowest BCUT2D eigenvalue weighted by molar-refractivity contribution is -0.121. The quantitative estimate of drug-likeness (QED) is 0.621. The van der Waals surface area contributed by atoms with Crippen LogP contribution in [-0.4, -0.2) is 32.8 Å². The fraction of sp³-hybridized carbons (Fsp3) is 0.481. The first-order chi connectivity index (χ1) is 16.5. The maximum Gasteiger partial charge on any atom is 0.240 e. The standard InChI is InChI=1S/C27H35N3O4S/c1-17-5-10-24(13-18(17)2)29-27(32)22-8-6-21(7-9-22)16-28-35(33,34)25-11-12-26-23(15-25)14-19(3)30(26)20(4)31/h5,10-13,15,19,21-22,28H,6-9,14,16H2,1-4H3,(H,29,32)/t19-,21?,22?/m0/s1. The van der Waals surface area contributed by atoms with Gasteiger partial charge in [-0.15, -0.1) is 0 Å². The minimum Gasteiger partial charge on any atom is -0.326 e. The zero-order chi connectivity index (χ0) is 25.3. The smallest absolute Gasteiger partial charge is 0.240 e. The first-order valence-electron chi connectivity index (χ1n) is 12.4. The minimum absolute atomic E-state index is 0.0239. The number of fused-ring (bicyclic) bond motifs is 1. The monoisotopic (exact) mass is 497 g/mol. The van der Waals surface area contributed by atoms with E-state index < -0.39 is 10.0 Å². The predicted molar refractivity (Wildman–Crippen MR) is 138 cm³/mol. The maximum atomic E-state index is 12.9. The van der Waals surface area contributed by atoms with Crippen molar-refractivity contribution in [3.8, 4) is 0 Å². The first kappa shape index (κ1) is 25.4. The van der Waals surface area contributed by atoms with Gasteiger partial charge in [0.1, 0.15) is 0 Å². The molecule has 1 aliphatic carbocycles. The molecule has 8 heteroatoms. The summed E-state index contributed by atoms with van der Waals surface area (Å²) in [6.45, 7) is 7.93. The molecule has 1 aliphatic heterocycles. The van der Waals surface area contributed by atoms with Crippen LogP contribution in [0.25, 0.3) is 0 Å². The Morgan fingerprint density at radius 2 is 1.71 bits per heavy atom. The summed E-state index contributed by atoms with van der Waals surface area (Å²) in [5, 5.41) is 3.03. The second-order valence-electron chi connectivity index (χ2n) is 10.1. The number of sulfonamides is 1. The minimum atomic E-state index is -3.65. The van der Waals surface area contributed by atoms with Crippen LogP contribution in [0.1, 0.15) is 56.2 Å². The van der Waals surface area contributed by atoms with Crippen molar-refractivity contribution in [3.63, 3.8) is 0 Å².